The number of aliphatic hydroxyl groups is 1. The molecular formula is C12H20OS2. The first kappa shape index (κ1) is 11.9. The van der Waals surface area contributed by atoms with Crippen LogP contribution in [-0.4, -0.2) is 26.8 Å². The summed E-state index contributed by atoms with van der Waals surface area (Å²) in [5.74, 6) is 2.40. The quantitative estimate of drug-likeness (QED) is 0.752. The maximum atomic E-state index is 10.4. The summed E-state index contributed by atoms with van der Waals surface area (Å²) in [5.41, 5.74) is 1.30. The minimum atomic E-state index is -0.229. The zero-order valence-electron chi connectivity index (χ0n) is 9.37. The second-order valence-corrected chi connectivity index (χ2v) is 7.84. The van der Waals surface area contributed by atoms with Gasteiger partial charge in [-0.25, -0.2) is 0 Å². The number of aliphatic hydroxyl groups excluding tert-OH is 1. The van der Waals surface area contributed by atoms with Crippen molar-refractivity contribution in [3.8, 4) is 0 Å². The third-order valence-electron chi connectivity index (χ3n) is 3.24. The molecule has 1 aliphatic heterocycles. The van der Waals surface area contributed by atoms with E-state index in [1.807, 2.05) is 23.5 Å². The van der Waals surface area contributed by atoms with Crippen LogP contribution in [0.3, 0.4) is 0 Å². The molecule has 2 aliphatic rings. The van der Waals surface area contributed by atoms with Crippen molar-refractivity contribution in [2.75, 3.05) is 11.5 Å². The summed E-state index contributed by atoms with van der Waals surface area (Å²) in [6.45, 7) is 2.21. The van der Waals surface area contributed by atoms with E-state index in [-0.39, 0.29) is 10.2 Å². The van der Waals surface area contributed by atoms with Crippen molar-refractivity contribution in [2.24, 2.45) is 0 Å². The molecule has 0 saturated carbocycles. The maximum Gasteiger partial charge on any atom is 0.0985 e. The highest BCUT2D eigenvalue weighted by Crippen LogP contribution is 2.47. The predicted molar refractivity (Wildman–Crippen MR) is 70.5 cm³/mol. The average molecular weight is 244 g/mol. The third-order valence-corrected chi connectivity index (χ3v) is 6.53. The van der Waals surface area contributed by atoms with Gasteiger partial charge in [0.15, 0.2) is 0 Å². The van der Waals surface area contributed by atoms with Crippen LogP contribution in [0.2, 0.25) is 0 Å². The monoisotopic (exact) mass is 244 g/mol. The highest BCUT2D eigenvalue weighted by Gasteiger charge is 2.37. The normalized spacial score (nSPS) is 28.3. The van der Waals surface area contributed by atoms with Gasteiger partial charge >= 0.3 is 0 Å². The predicted octanol–water partition coefficient (Wildman–Crippen LogP) is 3.43. The van der Waals surface area contributed by atoms with E-state index in [1.54, 1.807) is 0 Å². The molecule has 15 heavy (non-hydrogen) atoms. The number of hydrogen-bond acceptors (Lipinski definition) is 3. The highest BCUT2D eigenvalue weighted by atomic mass is 32.2. The largest absolute Gasteiger partial charge is 0.386 e. The van der Waals surface area contributed by atoms with Gasteiger partial charge in [0.2, 0.25) is 0 Å². The van der Waals surface area contributed by atoms with Crippen LogP contribution in [0.1, 0.15) is 39.0 Å². The van der Waals surface area contributed by atoms with E-state index in [0.29, 0.717) is 0 Å². The van der Waals surface area contributed by atoms with Gasteiger partial charge in [-0.05, 0) is 56.1 Å². The molecule has 0 bridgehead atoms. The van der Waals surface area contributed by atoms with Gasteiger partial charge in [-0.2, -0.15) is 0 Å². The van der Waals surface area contributed by atoms with E-state index >= 15 is 0 Å². The van der Waals surface area contributed by atoms with Gasteiger partial charge in [-0.15, -0.1) is 23.5 Å². The molecule has 86 valence electrons. The second kappa shape index (κ2) is 5.15. The maximum absolute atomic E-state index is 10.4. The number of thioether (sulfide) groups is 2. The Kier molecular flexibility index (Phi) is 4.08. The van der Waals surface area contributed by atoms with E-state index in [9.17, 15) is 5.11 Å². The fraction of sp³-hybridized carbons (Fsp3) is 0.833. The SMILES string of the molecule is CC1(C(O)C2=CCCCC2)SCCCS1. The van der Waals surface area contributed by atoms with Crippen LogP contribution in [0.4, 0.5) is 0 Å². The van der Waals surface area contributed by atoms with Gasteiger partial charge in [0.25, 0.3) is 0 Å². The smallest absolute Gasteiger partial charge is 0.0985 e. The fourth-order valence-corrected chi connectivity index (χ4v) is 5.28. The van der Waals surface area contributed by atoms with Crippen LogP contribution < -0.4 is 0 Å². The van der Waals surface area contributed by atoms with Gasteiger partial charge in [-0.3, -0.25) is 0 Å². The lowest BCUT2D eigenvalue weighted by atomic mass is 9.94. The summed E-state index contributed by atoms with van der Waals surface area (Å²) < 4.78 is 0.0153. The summed E-state index contributed by atoms with van der Waals surface area (Å²) in [7, 11) is 0. The standard InChI is InChI=1S/C12H20OS2/c1-12(14-8-5-9-15-12)11(13)10-6-3-2-4-7-10/h6,11,13H,2-5,7-9H2,1H3. The van der Waals surface area contributed by atoms with Crippen molar-refractivity contribution in [1.29, 1.82) is 0 Å². The Hall–Kier alpha value is 0.400. The van der Waals surface area contributed by atoms with Crippen LogP contribution in [0.15, 0.2) is 11.6 Å². The first-order chi connectivity index (χ1) is 7.22. The Labute approximate surface area is 101 Å². The Bertz CT molecular complexity index is 244. The summed E-state index contributed by atoms with van der Waals surface area (Å²) in [4.78, 5) is 0. The van der Waals surface area contributed by atoms with E-state index in [0.717, 1.165) is 12.8 Å². The second-order valence-electron chi connectivity index (χ2n) is 4.49. The lowest BCUT2D eigenvalue weighted by Crippen LogP contribution is -2.37. The molecule has 1 unspecified atom stereocenters. The first-order valence-electron chi connectivity index (χ1n) is 5.87. The first-order valence-corrected chi connectivity index (χ1v) is 7.84. The molecule has 0 spiro atoms. The summed E-state index contributed by atoms with van der Waals surface area (Å²) in [5, 5.41) is 10.4. The molecule has 3 heteroatoms. The Balaban J connectivity index is 2.04. The zero-order chi connectivity index (χ0) is 10.7. The average Bonchev–Trinajstić information content (AvgIpc) is 2.30. The molecular weight excluding hydrogens is 224 g/mol. The Morgan fingerprint density at radius 2 is 2.00 bits per heavy atom. The molecule has 1 heterocycles. The molecule has 0 aromatic rings. The van der Waals surface area contributed by atoms with Crippen LogP contribution in [0, 0.1) is 0 Å². The minimum absolute atomic E-state index is 0.0153. The van der Waals surface area contributed by atoms with Crippen molar-refractivity contribution in [3.63, 3.8) is 0 Å². The van der Waals surface area contributed by atoms with Gasteiger partial charge in [0.05, 0.1) is 10.2 Å². The van der Waals surface area contributed by atoms with E-state index in [1.165, 1.54) is 36.3 Å². The van der Waals surface area contributed by atoms with Crippen LogP contribution in [0.5, 0.6) is 0 Å². The Morgan fingerprint density at radius 1 is 1.27 bits per heavy atom. The molecule has 1 fully saturated rings. The number of hydrogen-bond donors (Lipinski definition) is 1. The zero-order valence-corrected chi connectivity index (χ0v) is 11.0. The topological polar surface area (TPSA) is 20.2 Å². The molecule has 1 saturated heterocycles. The van der Waals surface area contributed by atoms with Gasteiger partial charge in [0.1, 0.15) is 0 Å². The minimum Gasteiger partial charge on any atom is -0.386 e. The molecule has 1 atom stereocenters. The van der Waals surface area contributed by atoms with Crippen LogP contribution in [0.25, 0.3) is 0 Å². The summed E-state index contributed by atoms with van der Waals surface area (Å²) >= 11 is 3.88. The number of allylic oxidation sites excluding steroid dienone is 1. The molecule has 1 N–H and O–H groups in total. The molecule has 2 rings (SSSR count). The molecule has 0 aromatic carbocycles. The molecule has 0 radical (unpaired) electrons. The van der Waals surface area contributed by atoms with Gasteiger partial charge < -0.3 is 5.11 Å². The van der Waals surface area contributed by atoms with E-state index in [4.69, 9.17) is 0 Å². The van der Waals surface area contributed by atoms with Gasteiger partial charge in [-0.1, -0.05) is 6.08 Å². The fourth-order valence-electron chi connectivity index (χ4n) is 2.26. The molecule has 1 nitrogen and oxygen atoms in total. The highest BCUT2D eigenvalue weighted by molar-refractivity contribution is 8.18. The van der Waals surface area contributed by atoms with Crippen LogP contribution >= 0.6 is 23.5 Å². The molecule has 1 aliphatic carbocycles. The lowest BCUT2D eigenvalue weighted by molar-refractivity contribution is 0.195. The van der Waals surface area contributed by atoms with Gasteiger partial charge in [0, 0.05) is 0 Å². The van der Waals surface area contributed by atoms with Crippen LogP contribution in [-0.2, 0) is 0 Å². The van der Waals surface area contributed by atoms with E-state index in [2.05, 4.69) is 13.0 Å². The summed E-state index contributed by atoms with van der Waals surface area (Å²) in [6.07, 6.45) is 8.16. The van der Waals surface area contributed by atoms with Crippen molar-refractivity contribution in [1.82, 2.24) is 0 Å². The molecule has 0 aromatic heterocycles. The van der Waals surface area contributed by atoms with Crippen molar-refractivity contribution < 1.29 is 5.11 Å². The van der Waals surface area contributed by atoms with Crippen molar-refractivity contribution >= 4 is 23.5 Å². The van der Waals surface area contributed by atoms with Crippen molar-refractivity contribution in [2.45, 2.75) is 49.2 Å². The summed E-state index contributed by atoms with van der Waals surface area (Å²) in [6, 6.07) is 0. The third kappa shape index (κ3) is 2.75. The Morgan fingerprint density at radius 3 is 2.60 bits per heavy atom. The lowest BCUT2D eigenvalue weighted by Gasteiger charge is -2.38. The van der Waals surface area contributed by atoms with Crippen molar-refractivity contribution in [3.05, 3.63) is 11.6 Å². The van der Waals surface area contributed by atoms with E-state index < -0.39 is 0 Å². The number of rotatable bonds is 2. The molecule has 0 amide bonds.